The maximum absolute atomic E-state index is 10.9. The third-order valence-corrected chi connectivity index (χ3v) is 5.62. The number of hydrogen-bond donors (Lipinski definition) is 1. The fourth-order valence-corrected chi connectivity index (χ4v) is 3.40. The van der Waals surface area contributed by atoms with Crippen LogP contribution in [0, 0.1) is 11.8 Å². The zero-order valence-electron chi connectivity index (χ0n) is 20.1. The summed E-state index contributed by atoms with van der Waals surface area (Å²) in [4.78, 5) is 10.9. The van der Waals surface area contributed by atoms with Gasteiger partial charge in [-0.15, -0.1) is 0 Å². The highest BCUT2D eigenvalue weighted by atomic mass is 16.5. The lowest BCUT2D eigenvalue weighted by atomic mass is 9.93. The summed E-state index contributed by atoms with van der Waals surface area (Å²) in [5, 5.41) is 0. The first-order valence-corrected chi connectivity index (χ1v) is 12.0. The van der Waals surface area contributed by atoms with Gasteiger partial charge in [0, 0.05) is 5.92 Å². The van der Waals surface area contributed by atoms with Crippen LogP contribution in [-0.2, 0) is 9.53 Å². The molecule has 1 aliphatic carbocycles. The zero-order valence-corrected chi connectivity index (χ0v) is 20.1. The summed E-state index contributed by atoms with van der Waals surface area (Å²) in [6.07, 6.45) is 7.93. The molecule has 0 aliphatic heterocycles. The van der Waals surface area contributed by atoms with E-state index in [0.717, 1.165) is 6.42 Å². The molecule has 2 unspecified atom stereocenters. The van der Waals surface area contributed by atoms with Gasteiger partial charge in [0.15, 0.2) is 0 Å². The molecule has 172 valence electrons. The van der Waals surface area contributed by atoms with E-state index in [2.05, 4.69) is 81.4 Å². The number of nitrogens with two attached hydrogens (primary N) is 1. The van der Waals surface area contributed by atoms with Crippen LogP contribution < -0.4 is 5.73 Å². The maximum Gasteiger partial charge on any atom is 0.309 e. The van der Waals surface area contributed by atoms with Crippen LogP contribution in [0.5, 0.6) is 0 Å². The van der Waals surface area contributed by atoms with E-state index >= 15 is 0 Å². The first-order chi connectivity index (χ1) is 15.1. The number of ether oxygens (including phenoxy) is 1. The van der Waals surface area contributed by atoms with E-state index in [9.17, 15) is 4.79 Å². The molecule has 1 saturated carbocycles. The van der Waals surface area contributed by atoms with Gasteiger partial charge in [0.05, 0.1) is 12.5 Å². The standard InChI is InChI=1S/C14H14.C7H13NO2.C7H16/c1-12(13-8-4-2-5-9-13)14-10-6-3-7-11-14;1-2-10-7(9)6-3-5(6)4-8;1-3-5-7-6-4-2/h2-12H,1H3;5-6H,2-4,8H2,1H3;3-7H2,1-2H3. The largest absolute Gasteiger partial charge is 0.466 e. The van der Waals surface area contributed by atoms with Crippen molar-refractivity contribution in [1.29, 1.82) is 0 Å². The normalized spacial score (nSPS) is 16.5. The van der Waals surface area contributed by atoms with Crippen molar-refractivity contribution in [2.24, 2.45) is 17.6 Å². The lowest BCUT2D eigenvalue weighted by Gasteiger charge is -2.11. The molecule has 2 atom stereocenters. The lowest BCUT2D eigenvalue weighted by molar-refractivity contribution is -0.145. The van der Waals surface area contributed by atoms with Gasteiger partial charge in [0.2, 0.25) is 0 Å². The zero-order chi connectivity index (χ0) is 22.9. The van der Waals surface area contributed by atoms with Crippen LogP contribution in [0.25, 0.3) is 0 Å². The van der Waals surface area contributed by atoms with E-state index in [-0.39, 0.29) is 11.9 Å². The molecule has 0 heterocycles. The van der Waals surface area contributed by atoms with Gasteiger partial charge in [-0.1, -0.05) is 114 Å². The van der Waals surface area contributed by atoms with Gasteiger partial charge in [-0.05, 0) is 36.9 Å². The number of benzene rings is 2. The van der Waals surface area contributed by atoms with Crippen molar-refractivity contribution in [2.75, 3.05) is 13.2 Å². The number of rotatable bonds is 9. The van der Waals surface area contributed by atoms with Crippen molar-refractivity contribution in [2.45, 2.75) is 72.1 Å². The minimum absolute atomic E-state index is 0.0713. The number of hydrogen-bond acceptors (Lipinski definition) is 3. The molecule has 31 heavy (non-hydrogen) atoms. The second kappa shape index (κ2) is 16.5. The van der Waals surface area contributed by atoms with Crippen LogP contribution in [0.15, 0.2) is 60.7 Å². The molecule has 3 rings (SSSR count). The molecule has 2 aromatic carbocycles. The first kappa shape index (κ1) is 26.9. The van der Waals surface area contributed by atoms with E-state index in [1.54, 1.807) is 0 Å². The average Bonchev–Trinajstić information content (AvgIpc) is 3.61. The number of carbonyl (C=O) groups is 1. The van der Waals surface area contributed by atoms with Crippen LogP contribution in [0.2, 0.25) is 0 Å². The molecule has 0 spiro atoms. The average molecular weight is 426 g/mol. The Bertz CT molecular complexity index is 643. The minimum atomic E-state index is -0.0713. The SMILES string of the molecule is CC(c1ccccc1)c1ccccc1.CCCCCCC.CCOC(=O)C1CC1CN. The molecular formula is C28H43NO2. The predicted octanol–water partition coefficient (Wildman–Crippen LogP) is 6.96. The highest BCUT2D eigenvalue weighted by Crippen LogP contribution is 2.38. The van der Waals surface area contributed by atoms with Gasteiger partial charge in [-0.2, -0.15) is 0 Å². The van der Waals surface area contributed by atoms with E-state index in [4.69, 9.17) is 10.5 Å². The molecule has 0 saturated heterocycles. The summed E-state index contributed by atoms with van der Waals surface area (Å²) in [7, 11) is 0. The fourth-order valence-electron chi connectivity index (χ4n) is 3.40. The Hall–Kier alpha value is -2.13. The predicted molar refractivity (Wildman–Crippen MR) is 132 cm³/mol. The molecule has 0 radical (unpaired) electrons. The maximum atomic E-state index is 10.9. The van der Waals surface area contributed by atoms with Crippen LogP contribution >= 0.6 is 0 Å². The summed E-state index contributed by atoms with van der Waals surface area (Å²) in [5.74, 6) is 0.930. The van der Waals surface area contributed by atoms with Crippen molar-refractivity contribution < 1.29 is 9.53 Å². The lowest BCUT2D eigenvalue weighted by Crippen LogP contribution is -2.11. The Morgan fingerprint density at radius 3 is 1.74 bits per heavy atom. The van der Waals surface area contributed by atoms with Crippen molar-refractivity contribution in [3.05, 3.63) is 71.8 Å². The van der Waals surface area contributed by atoms with Gasteiger partial charge in [-0.3, -0.25) is 4.79 Å². The Morgan fingerprint density at radius 2 is 1.39 bits per heavy atom. The summed E-state index contributed by atoms with van der Waals surface area (Å²) in [5.41, 5.74) is 8.10. The summed E-state index contributed by atoms with van der Waals surface area (Å²) >= 11 is 0. The van der Waals surface area contributed by atoms with Crippen molar-refractivity contribution in [3.63, 3.8) is 0 Å². The number of esters is 1. The van der Waals surface area contributed by atoms with Crippen LogP contribution in [0.1, 0.15) is 83.3 Å². The van der Waals surface area contributed by atoms with Crippen LogP contribution in [-0.4, -0.2) is 19.1 Å². The minimum Gasteiger partial charge on any atom is -0.466 e. The molecule has 2 aromatic rings. The van der Waals surface area contributed by atoms with Gasteiger partial charge in [0.25, 0.3) is 0 Å². The van der Waals surface area contributed by atoms with E-state index in [1.807, 2.05) is 6.92 Å². The quantitative estimate of drug-likeness (QED) is 0.349. The summed E-state index contributed by atoms with van der Waals surface area (Å²) in [6, 6.07) is 21.2. The molecule has 0 aromatic heterocycles. The van der Waals surface area contributed by atoms with Gasteiger partial charge in [0.1, 0.15) is 0 Å². The van der Waals surface area contributed by atoms with E-state index < -0.39 is 0 Å². The van der Waals surface area contributed by atoms with Crippen molar-refractivity contribution in [3.8, 4) is 0 Å². The molecule has 1 aliphatic rings. The highest BCUT2D eigenvalue weighted by Gasteiger charge is 2.42. The van der Waals surface area contributed by atoms with Gasteiger partial charge in [-0.25, -0.2) is 0 Å². The van der Waals surface area contributed by atoms with Crippen molar-refractivity contribution in [1.82, 2.24) is 0 Å². The second-order valence-electron chi connectivity index (χ2n) is 8.19. The third kappa shape index (κ3) is 11.2. The molecule has 0 amide bonds. The topological polar surface area (TPSA) is 52.3 Å². The Balaban J connectivity index is 0.000000249. The Morgan fingerprint density at radius 1 is 0.903 bits per heavy atom. The smallest absolute Gasteiger partial charge is 0.309 e. The fraction of sp³-hybridized carbons (Fsp3) is 0.536. The van der Waals surface area contributed by atoms with Gasteiger partial charge >= 0.3 is 5.97 Å². The second-order valence-corrected chi connectivity index (χ2v) is 8.19. The summed E-state index contributed by atoms with van der Waals surface area (Å²) < 4.78 is 4.80. The Labute approximate surface area is 190 Å². The van der Waals surface area contributed by atoms with Gasteiger partial charge < -0.3 is 10.5 Å². The molecular weight excluding hydrogens is 382 g/mol. The van der Waals surface area contributed by atoms with Crippen molar-refractivity contribution >= 4 is 5.97 Å². The molecule has 1 fully saturated rings. The highest BCUT2D eigenvalue weighted by molar-refractivity contribution is 5.75. The Kier molecular flexibility index (Phi) is 14.4. The number of carbonyl (C=O) groups excluding carboxylic acids is 1. The van der Waals surface area contributed by atoms with E-state index in [1.165, 1.54) is 43.2 Å². The monoisotopic (exact) mass is 425 g/mol. The van der Waals surface area contributed by atoms with Crippen LogP contribution in [0.4, 0.5) is 0 Å². The molecule has 3 nitrogen and oxygen atoms in total. The number of unbranched alkanes of at least 4 members (excludes halogenated alkanes) is 4. The third-order valence-electron chi connectivity index (χ3n) is 5.62. The van der Waals surface area contributed by atoms with E-state index in [0.29, 0.717) is 25.0 Å². The van der Waals surface area contributed by atoms with Crippen LogP contribution in [0.3, 0.4) is 0 Å². The molecule has 0 bridgehead atoms. The molecule has 3 heteroatoms. The molecule has 2 N–H and O–H groups in total. The summed E-state index contributed by atoms with van der Waals surface area (Å²) in [6.45, 7) is 9.64. The first-order valence-electron chi connectivity index (χ1n) is 12.0.